The van der Waals surface area contributed by atoms with Gasteiger partial charge in [-0.25, -0.2) is 4.98 Å². The standard InChI is InChI=1S/C11H11ClN2O/c1-2-14-6-5-13-11(14)8-3-4-10(15)9(12)7-8/h3-7,15H,2H2,1H3. The molecule has 0 bridgehead atoms. The number of hydrogen-bond donors (Lipinski definition) is 1. The van der Waals surface area contributed by atoms with E-state index in [4.69, 9.17) is 11.6 Å². The Labute approximate surface area is 93.0 Å². The molecule has 0 aliphatic heterocycles. The Bertz CT molecular complexity index is 479. The summed E-state index contributed by atoms with van der Waals surface area (Å²) in [6, 6.07) is 5.09. The van der Waals surface area contributed by atoms with Crippen molar-refractivity contribution in [1.82, 2.24) is 9.55 Å². The minimum atomic E-state index is 0.0926. The van der Waals surface area contributed by atoms with Crippen LogP contribution in [0.25, 0.3) is 11.4 Å². The molecule has 3 nitrogen and oxygen atoms in total. The third kappa shape index (κ3) is 1.83. The fourth-order valence-electron chi connectivity index (χ4n) is 1.47. The van der Waals surface area contributed by atoms with E-state index in [1.807, 2.05) is 17.7 Å². The first-order valence-corrected chi connectivity index (χ1v) is 5.10. The van der Waals surface area contributed by atoms with Gasteiger partial charge in [-0.3, -0.25) is 0 Å². The van der Waals surface area contributed by atoms with E-state index in [1.165, 1.54) is 0 Å². The summed E-state index contributed by atoms with van der Waals surface area (Å²) in [5.74, 6) is 0.953. The van der Waals surface area contributed by atoms with Crippen LogP contribution in [0.2, 0.25) is 5.02 Å². The number of nitrogens with zero attached hydrogens (tertiary/aromatic N) is 2. The summed E-state index contributed by atoms with van der Waals surface area (Å²) in [6.07, 6.45) is 3.66. The summed E-state index contributed by atoms with van der Waals surface area (Å²) < 4.78 is 2.02. The van der Waals surface area contributed by atoms with Crippen molar-refractivity contribution in [3.8, 4) is 17.1 Å². The van der Waals surface area contributed by atoms with Gasteiger partial charge in [0.05, 0.1) is 5.02 Å². The highest BCUT2D eigenvalue weighted by molar-refractivity contribution is 6.32. The molecule has 0 fully saturated rings. The van der Waals surface area contributed by atoms with Gasteiger partial charge in [0.25, 0.3) is 0 Å². The first kappa shape index (κ1) is 10.1. The Hall–Kier alpha value is -1.48. The molecular formula is C11H11ClN2O. The third-order valence-corrected chi connectivity index (χ3v) is 2.56. The number of phenols is 1. The van der Waals surface area contributed by atoms with Crippen molar-refractivity contribution in [3.05, 3.63) is 35.6 Å². The van der Waals surface area contributed by atoms with Gasteiger partial charge in [-0.2, -0.15) is 0 Å². The predicted octanol–water partition coefficient (Wildman–Crippen LogP) is 2.93. The smallest absolute Gasteiger partial charge is 0.139 e. The molecule has 0 amide bonds. The Kier molecular flexibility index (Phi) is 2.64. The maximum Gasteiger partial charge on any atom is 0.139 e. The zero-order valence-electron chi connectivity index (χ0n) is 8.31. The van der Waals surface area contributed by atoms with Gasteiger partial charge >= 0.3 is 0 Å². The summed E-state index contributed by atoms with van der Waals surface area (Å²) >= 11 is 5.84. The van der Waals surface area contributed by atoms with Gasteiger partial charge in [0.15, 0.2) is 0 Å². The maximum atomic E-state index is 9.31. The molecule has 0 aliphatic carbocycles. The molecule has 2 aromatic rings. The van der Waals surface area contributed by atoms with Crippen molar-refractivity contribution < 1.29 is 5.11 Å². The van der Waals surface area contributed by atoms with Gasteiger partial charge in [-0.05, 0) is 25.1 Å². The molecule has 78 valence electrons. The van der Waals surface area contributed by atoms with Crippen molar-refractivity contribution in [3.63, 3.8) is 0 Å². The first-order chi connectivity index (χ1) is 7.22. The lowest BCUT2D eigenvalue weighted by Gasteiger charge is -2.05. The molecule has 1 N–H and O–H groups in total. The number of aryl methyl sites for hydroxylation is 1. The molecule has 0 saturated heterocycles. The van der Waals surface area contributed by atoms with Crippen LogP contribution in [0.5, 0.6) is 5.75 Å². The fourth-order valence-corrected chi connectivity index (χ4v) is 1.65. The largest absolute Gasteiger partial charge is 0.506 e. The Balaban J connectivity index is 2.50. The molecule has 0 unspecified atom stereocenters. The van der Waals surface area contributed by atoms with Gasteiger partial charge in [0.2, 0.25) is 0 Å². The molecule has 0 saturated carbocycles. The minimum absolute atomic E-state index is 0.0926. The van der Waals surface area contributed by atoms with Crippen molar-refractivity contribution in [1.29, 1.82) is 0 Å². The van der Waals surface area contributed by atoms with Crippen molar-refractivity contribution >= 4 is 11.6 Å². The average molecular weight is 223 g/mol. The lowest BCUT2D eigenvalue weighted by molar-refractivity contribution is 0.475. The Morgan fingerprint density at radius 2 is 2.27 bits per heavy atom. The van der Waals surface area contributed by atoms with E-state index in [9.17, 15) is 5.11 Å². The monoisotopic (exact) mass is 222 g/mol. The van der Waals surface area contributed by atoms with E-state index in [-0.39, 0.29) is 5.75 Å². The van der Waals surface area contributed by atoms with Crippen LogP contribution in [0.3, 0.4) is 0 Å². The average Bonchev–Trinajstić information content (AvgIpc) is 2.70. The van der Waals surface area contributed by atoms with Crippen LogP contribution < -0.4 is 0 Å². The van der Waals surface area contributed by atoms with Gasteiger partial charge in [-0.1, -0.05) is 11.6 Å². The number of aromatic hydroxyl groups is 1. The Morgan fingerprint density at radius 3 is 2.93 bits per heavy atom. The number of hydrogen-bond acceptors (Lipinski definition) is 2. The maximum absolute atomic E-state index is 9.31. The number of benzene rings is 1. The summed E-state index contributed by atoms with van der Waals surface area (Å²) in [6.45, 7) is 2.90. The summed E-state index contributed by atoms with van der Waals surface area (Å²) in [4.78, 5) is 4.25. The SMILES string of the molecule is CCn1ccnc1-c1ccc(O)c(Cl)c1. The molecule has 0 atom stereocenters. The van der Waals surface area contributed by atoms with E-state index < -0.39 is 0 Å². The van der Waals surface area contributed by atoms with E-state index in [2.05, 4.69) is 4.98 Å². The van der Waals surface area contributed by atoms with Crippen molar-refractivity contribution in [2.45, 2.75) is 13.5 Å². The van der Waals surface area contributed by atoms with Crippen LogP contribution in [0.4, 0.5) is 0 Å². The van der Waals surface area contributed by atoms with Gasteiger partial charge < -0.3 is 9.67 Å². The summed E-state index contributed by atoms with van der Waals surface area (Å²) in [5.41, 5.74) is 0.907. The quantitative estimate of drug-likeness (QED) is 0.849. The predicted molar refractivity (Wildman–Crippen MR) is 60.0 cm³/mol. The molecule has 1 aromatic carbocycles. The van der Waals surface area contributed by atoms with Crippen molar-refractivity contribution in [2.75, 3.05) is 0 Å². The first-order valence-electron chi connectivity index (χ1n) is 4.72. The van der Waals surface area contributed by atoms with Crippen LogP contribution in [0.1, 0.15) is 6.92 Å². The molecular weight excluding hydrogens is 212 g/mol. The molecule has 0 aliphatic rings. The second-order valence-corrected chi connectivity index (χ2v) is 3.61. The lowest BCUT2D eigenvalue weighted by Crippen LogP contribution is -1.95. The van der Waals surface area contributed by atoms with E-state index in [1.54, 1.807) is 24.4 Å². The number of halogens is 1. The number of aromatic nitrogens is 2. The highest BCUT2D eigenvalue weighted by Crippen LogP contribution is 2.28. The molecule has 0 spiro atoms. The van der Waals surface area contributed by atoms with E-state index in [0.717, 1.165) is 17.9 Å². The van der Waals surface area contributed by atoms with E-state index >= 15 is 0 Å². The number of rotatable bonds is 2. The highest BCUT2D eigenvalue weighted by Gasteiger charge is 2.06. The minimum Gasteiger partial charge on any atom is -0.506 e. The second-order valence-electron chi connectivity index (χ2n) is 3.20. The van der Waals surface area contributed by atoms with Crippen molar-refractivity contribution in [2.24, 2.45) is 0 Å². The third-order valence-electron chi connectivity index (χ3n) is 2.26. The van der Waals surface area contributed by atoms with Gasteiger partial charge in [-0.15, -0.1) is 0 Å². The molecule has 4 heteroatoms. The molecule has 1 aromatic heterocycles. The van der Waals surface area contributed by atoms with Crippen LogP contribution >= 0.6 is 11.6 Å². The van der Waals surface area contributed by atoms with Crippen LogP contribution in [0, 0.1) is 0 Å². The molecule has 2 rings (SSSR count). The highest BCUT2D eigenvalue weighted by atomic mass is 35.5. The van der Waals surface area contributed by atoms with Crippen LogP contribution in [0.15, 0.2) is 30.6 Å². The molecule has 15 heavy (non-hydrogen) atoms. The normalized spacial score (nSPS) is 10.5. The molecule has 1 heterocycles. The topological polar surface area (TPSA) is 38.0 Å². The second kappa shape index (κ2) is 3.95. The Morgan fingerprint density at radius 1 is 1.47 bits per heavy atom. The zero-order chi connectivity index (χ0) is 10.8. The van der Waals surface area contributed by atoms with E-state index in [0.29, 0.717) is 5.02 Å². The number of imidazole rings is 1. The molecule has 0 radical (unpaired) electrons. The number of phenolic OH excluding ortho intramolecular Hbond substituents is 1. The fraction of sp³-hybridized carbons (Fsp3) is 0.182. The zero-order valence-corrected chi connectivity index (χ0v) is 9.07. The summed E-state index contributed by atoms with van der Waals surface area (Å²) in [5, 5.41) is 9.65. The van der Waals surface area contributed by atoms with Crippen LogP contribution in [-0.4, -0.2) is 14.7 Å². The van der Waals surface area contributed by atoms with Gasteiger partial charge in [0, 0.05) is 24.5 Å². The van der Waals surface area contributed by atoms with Gasteiger partial charge in [0.1, 0.15) is 11.6 Å². The van der Waals surface area contributed by atoms with Crippen LogP contribution in [-0.2, 0) is 6.54 Å². The lowest BCUT2D eigenvalue weighted by atomic mass is 10.2. The summed E-state index contributed by atoms with van der Waals surface area (Å²) in [7, 11) is 0.